The van der Waals surface area contributed by atoms with Gasteiger partial charge in [0.2, 0.25) is 11.9 Å². The van der Waals surface area contributed by atoms with Crippen LogP contribution >= 0.6 is 23.1 Å². The minimum Gasteiger partial charge on any atom is -0.376 e. The zero-order chi connectivity index (χ0) is 20.1. The van der Waals surface area contributed by atoms with E-state index in [9.17, 15) is 4.79 Å². The van der Waals surface area contributed by atoms with Gasteiger partial charge in [-0.15, -0.1) is 21.5 Å². The van der Waals surface area contributed by atoms with Gasteiger partial charge in [-0.25, -0.2) is 0 Å². The van der Waals surface area contributed by atoms with Crippen molar-refractivity contribution < 1.29 is 9.53 Å². The van der Waals surface area contributed by atoms with Crippen molar-refractivity contribution in [1.29, 1.82) is 0 Å². The normalized spacial score (nSPS) is 20.7. The van der Waals surface area contributed by atoms with Gasteiger partial charge >= 0.3 is 0 Å². The largest absolute Gasteiger partial charge is 0.376 e. The fourth-order valence-corrected chi connectivity index (χ4v) is 5.38. The number of thioether (sulfide) groups is 1. The number of hydrogen-bond acceptors (Lipinski definition) is 7. The first-order valence-corrected chi connectivity index (χ1v) is 12.3. The molecule has 2 aromatic heterocycles. The molecule has 0 spiro atoms. The van der Waals surface area contributed by atoms with E-state index in [4.69, 9.17) is 4.74 Å². The molecule has 2 atom stereocenters. The first-order valence-electron chi connectivity index (χ1n) is 10.5. The Bertz CT molecular complexity index is 783. The molecule has 29 heavy (non-hydrogen) atoms. The molecule has 0 bridgehead atoms. The van der Waals surface area contributed by atoms with E-state index in [2.05, 4.69) is 25.0 Å². The van der Waals surface area contributed by atoms with Gasteiger partial charge in [-0.3, -0.25) is 9.36 Å². The number of carbonyl (C=O) groups is 1. The molecule has 1 amide bonds. The molecule has 0 aliphatic carbocycles. The molecule has 2 aromatic rings. The summed E-state index contributed by atoms with van der Waals surface area (Å²) in [5.74, 6) is 1.27. The molecule has 0 saturated carbocycles. The molecule has 2 saturated heterocycles. The summed E-state index contributed by atoms with van der Waals surface area (Å²) in [6, 6.07) is 4.08. The van der Waals surface area contributed by atoms with E-state index >= 15 is 0 Å². The van der Waals surface area contributed by atoms with Crippen LogP contribution < -0.4 is 10.2 Å². The van der Waals surface area contributed by atoms with Gasteiger partial charge in [0.1, 0.15) is 0 Å². The lowest BCUT2D eigenvalue weighted by atomic mass is 10.1. The minimum atomic E-state index is 0.0158. The molecule has 2 aliphatic heterocycles. The summed E-state index contributed by atoms with van der Waals surface area (Å²) in [4.78, 5) is 16.0. The Morgan fingerprint density at radius 3 is 2.93 bits per heavy atom. The fourth-order valence-electron chi connectivity index (χ4n) is 3.89. The molecule has 4 rings (SSSR count). The number of hydrogen-bond donors (Lipinski definition) is 1. The number of anilines is 1. The van der Waals surface area contributed by atoms with Crippen molar-refractivity contribution in [3.63, 3.8) is 0 Å². The minimum absolute atomic E-state index is 0.0158. The number of thiophene rings is 1. The van der Waals surface area contributed by atoms with Crippen molar-refractivity contribution in [2.24, 2.45) is 0 Å². The van der Waals surface area contributed by atoms with E-state index in [-0.39, 0.29) is 18.1 Å². The molecular formula is C20H29N5O2S2. The second-order valence-electron chi connectivity index (χ2n) is 7.67. The van der Waals surface area contributed by atoms with E-state index in [1.165, 1.54) is 31.0 Å². The summed E-state index contributed by atoms with van der Waals surface area (Å²) in [5.41, 5.74) is 0. The molecule has 0 aromatic carbocycles. The van der Waals surface area contributed by atoms with E-state index in [0.29, 0.717) is 5.75 Å². The molecular weight excluding hydrogens is 406 g/mol. The van der Waals surface area contributed by atoms with Gasteiger partial charge in [-0.1, -0.05) is 17.8 Å². The number of nitrogens with one attached hydrogen (secondary N) is 1. The second-order valence-corrected chi connectivity index (χ2v) is 9.59. The number of carbonyl (C=O) groups excluding carboxylic acids is 1. The van der Waals surface area contributed by atoms with Crippen molar-refractivity contribution in [2.75, 3.05) is 30.3 Å². The third kappa shape index (κ3) is 5.32. The van der Waals surface area contributed by atoms with E-state index < -0.39 is 0 Å². The highest BCUT2D eigenvalue weighted by Gasteiger charge is 2.25. The van der Waals surface area contributed by atoms with Crippen molar-refractivity contribution in [3.05, 3.63) is 22.4 Å². The van der Waals surface area contributed by atoms with Crippen LogP contribution in [0, 0.1) is 0 Å². The Hall–Kier alpha value is -1.58. The zero-order valence-electron chi connectivity index (χ0n) is 16.9. The lowest BCUT2D eigenvalue weighted by Gasteiger charge is -2.28. The summed E-state index contributed by atoms with van der Waals surface area (Å²) in [6.45, 7) is 5.65. The van der Waals surface area contributed by atoms with Gasteiger partial charge in [0, 0.05) is 24.6 Å². The van der Waals surface area contributed by atoms with Crippen molar-refractivity contribution >= 4 is 35.0 Å². The topological polar surface area (TPSA) is 72.3 Å². The van der Waals surface area contributed by atoms with Crippen LogP contribution in [0.3, 0.4) is 0 Å². The number of aromatic nitrogens is 3. The number of ether oxygens (including phenoxy) is 1. The SMILES string of the molecule is CC(NC(=O)CSc1nnc(N2CCCCC2)n1CC1CCCO1)c1cccs1. The maximum absolute atomic E-state index is 12.5. The van der Waals surface area contributed by atoms with Crippen LogP contribution in [0.5, 0.6) is 0 Å². The van der Waals surface area contributed by atoms with Crippen LogP contribution in [-0.4, -0.2) is 52.2 Å². The third-order valence-electron chi connectivity index (χ3n) is 5.43. The molecule has 4 heterocycles. The van der Waals surface area contributed by atoms with Gasteiger partial charge < -0.3 is 15.0 Å². The molecule has 2 unspecified atom stereocenters. The standard InChI is InChI=1S/C20H29N5O2S2/c1-15(17-8-6-12-28-17)21-18(26)14-29-20-23-22-19(24-9-3-2-4-10-24)25(20)13-16-7-5-11-27-16/h6,8,12,15-16H,2-5,7,9-11,13-14H2,1H3,(H,21,26). The maximum atomic E-state index is 12.5. The molecule has 9 heteroatoms. The van der Waals surface area contributed by atoms with Gasteiger partial charge in [-0.05, 0) is 50.5 Å². The first kappa shape index (κ1) is 20.7. The number of amides is 1. The quantitative estimate of drug-likeness (QED) is 0.640. The Morgan fingerprint density at radius 1 is 1.34 bits per heavy atom. The monoisotopic (exact) mass is 435 g/mol. The highest BCUT2D eigenvalue weighted by molar-refractivity contribution is 7.99. The Kier molecular flexibility index (Phi) is 7.10. The Morgan fingerprint density at radius 2 is 2.21 bits per heavy atom. The Labute approximate surface area is 180 Å². The molecule has 7 nitrogen and oxygen atoms in total. The molecule has 1 N–H and O–H groups in total. The van der Waals surface area contributed by atoms with Gasteiger partial charge in [-0.2, -0.15) is 0 Å². The van der Waals surface area contributed by atoms with Crippen molar-refractivity contribution in [1.82, 2.24) is 20.1 Å². The average molecular weight is 436 g/mol. The predicted molar refractivity (Wildman–Crippen MR) is 117 cm³/mol. The van der Waals surface area contributed by atoms with Crippen LogP contribution in [0.15, 0.2) is 22.7 Å². The van der Waals surface area contributed by atoms with Crippen molar-refractivity contribution in [2.45, 2.75) is 62.9 Å². The van der Waals surface area contributed by atoms with Crippen LogP contribution in [0.25, 0.3) is 0 Å². The lowest BCUT2D eigenvalue weighted by Crippen LogP contribution is -2.33. The molecule has 2 fully saturated rings. The van der Waals surface area contributed by atoms with Crippen LogP contribution in [0.4, 0.5) is 5.95 Å². The third-order valence-corrected chi connectivity index (χ3v) is 7.45. The summed E-state index contributed by atoms with van der Waals surface area (Å²) in [5, 5.41) is 14.8. The average Bonchev–Trinajstić information content (AvgIpc) is 3.50. The van der Waals surface area contributed by atoms with Gasteiger partial charge in [0.05, 0.1) is 24.4 Å². The molecule has 2 aliphatic rings. The number of piperidine rings is 1. The van der Waals surface area contributed by atoms with Crippen molar-refractivity contribution in [3.8, 4) is 0 Å². The van der Waals surface area contributed by atoms with Crippen LogP contribution in [-0.2, 0) is 16.1 Å². The van der Waals surface area contributed by atoms with Gasteiger partial charge in [0.25, 0.3) is 0 Å². The summed E-state index contributed by atoms with van der Waals surface area (Å²) in [6.07, 6.45) is 6.05. The van der Waals surface area contributed by atoms with E-state index in [0.717, 1.165) is 55.1 Å². The molecule has 0 radical (unpaired) electrons. The summed E-state index contributed by atoms with van der Waals surface area (Å²) >= 11 is 3.12. The first-order chi connectivity index (χ1) is 14.2. The number of rotatable bonds is 8. The maximum Gasteiger partial charge on any atom is 0.230 e. The van der Waals surface area contributed by atoms with Gasteiger partial charge in [0.15, 0.2) is 5.16 Å². The van der Waals surface area contributed by atoms with E-state index in [1.54, 1.807) is 11.3 Å². The smallest absolute Gasteiger partial charge is 0.230 e. The Balaban J connectivity index is 1.41. The lowest BCUT2D eigenvalue weighted by molar-refractivity contribution is -0.119. The van der Waals surface area contributed by atoms with E-state index in [1.807, 2.05) is 24.4 Å². The fraction of sp³-hybridized carbons (Fsp3) is 0.650. The highest BCUT2D eigenvalue weighted by Crippen LogP contribution is 2.27. The predicted octanol–water partition coefficient (Wildman–Crippen LogP) is 3.48. The zero-order valence-corrected chi connectivity index (χ0v) is 18.5. The second kappa shape index (κ2) is 9.95. The summed E-state index contributed by atoms with van der Waals surface area (Å²) in [7, 11) is 0. The highest BCUT2D eigenvalue weighted by atomic mass is 32.2. The van der Waals surface area contributed by atoms with Crippen LogP contribution in [0.2, 0.25) is 0 Å². The van der Waals surface area contributed by atoms with Crippen LogP contribution in [0.1, 0.15) is 49.9 Å². The molecule has 158 valence electrons. The number of nitrogens with zero attached hydrogens (tertiary/aromatic N) is 4. The summed E-state index contributed by atoms with van der Waals surface area (Å²) < 4.78 is 8.03.